The van der Waals surface area contributed by atoms with E-state index < -0.39 is 26.8 Å². The van der Waals surface area contributed by atoms with Crippen molar-refractivity contribution in [1.82, 2.24) is 4.90 Å². The van der Waals surface area contributed by atoms with Gasteiger partial charge in [0.15, 0.2) is 0 Å². The fraction of sp³-hybridized carbons (Fsp3) is 0.519. The first-order valence-electron chi connectivity index (χ1n) is 12.3. The van der Waals surface area contributed by atoms with Gasteiger partial charge in [0.25, 0.3) is 8.32 Å². The van der Waals surface area contributed by atoms with Crippen LogP contribution in [0.15, 0.2) is 60.7 Å². The topological polar surface area (TPSA) is 79.2 Å². The van der Waals surface area contributed by atoms with Gasteiger partial charge in [0.2, 0.25) is 5.91 Å². The van der Waals surface area contributed by atoms with Crippen molar-refractivity contribution in [1.29, 1.82) is 0 Å². The highest BCUT2D eigenvalue weighted by molar-refractivity contribution is 6.99. The lowest BCUT2D eigenvalue weighted by Crippen LogP contribution is -2.67. The third-order valence-corrected chi connectivity index (χ3v) is 12.3. The van der Waals surface area contributed by atoms with Crippen LogP contribution in [0.25, 0.3) is 0 Å². The number of aliphatic hydroxyl groups is 2. The zero-order valence-electron chi connectivity index (χ0n) is 20.4. The van der Waals surface area contributed by atoms with E-state index in [9.17, 15) is 15.0 Å². The van der Waals surface area contributed by atoms with Crippen LogP contribution in [0.4, 0.5) is 0 Å². The molecule has 0 radical (unpaired) electrons. The van der Waals surface area contributed by atoms with Crippen LogP contribution in [0.5, 0.6) is 0 Å². The van der Waals surface area contributed by atoms with Gasteiger partial charge in [0, 0.05) is 25.5 Å². The van der Waals surface area contributed by atoms with E-state index >= 15 is 0 Å². The van der Waals surface area contributed by atoms with Crippen LogP contribution in [-0.2, 0) is 14.0 Å². The summed E-state index contributed by atoms with van der Waals surface area (Å²) in [4.78, 5) is 14.7. The highest BCUT2D eigenvalue weighted by Crippen LogP contribution is 2.39. The van der Waals surface area contributed by atoms with Gasteiger partial charge < -0.3 is 24.3 Å². The molecular weight excluding hydrogens is 446 g/mol. The van der Waals surface area contributed by atoms with Crippen LogP contribution < -0.4 is 10.4 Å². The number of carbonyl (C=O) groups excluding carboxylic acids is 1. The molecule has 2 fully saturated rings. The standard InChI is InChI=1S/C27H37NO5Si/c1-27(2,3)34(21-10-6-4-7-11-21,22-12-8-5-9-13-22)33-20-14-15-25(31)28(17-16-20)26-18-23(30)24(19-29)32-26/h4-13,20,23-24,26,29-30H,14-19H2,1-3H3/t20-,23+,24-,26-/m1/s1. The Balaban J connectivity index is 1.62. The quantitative estimate of drug-likeness (QED) is 0.617. The summed E-state index contributed by atoms with van der Waals surface area (Å²) in [7, 11) is -2.70. The molecule has 2 N–H and O–H groups in total. The van der Waals surface area contributed by atoms with Crippen molar-refractivity contribution in [3.05, 3.63) is 60.7 Å². The molecular formula is C27H37NO5Si. The smallest absolute Gasteiger partial charge is 0.261 e. The van der Waals surface area contributed by atoms with Crippen LogP contribution in [-0.4, -0.2) is 67.0 Å². The minimum absolute atomic E-state index is 0.0179. The van der Waals surface area contributed by atoms with E-state index in [4.69, 9.17) is 9.16 Å². The molecule has 34 heavy (non-hydrogen) atoms. The molecule has 6 nitrogen and oxygen atoms in total. The van der Waals surface area contributed by atoms with E-state index in [1.54, 1.807) is 4.90 Å². The van der Waals surface area contributed by atoms with Crippen molar-refractivity contribution in [3.63, 3.8) is 0 Å². The second-order valence-corrected chi connectivity index (χ2v) is 14.7. The Hall–Kier alpha value is -2.03. The van der Waals surface area contributed by atoms with E-state index in [-0.39, 0.29) is 23.7 Å². The number of likely N-dealkylation sites (tertiary alicyclic amines) is 1. The zero-order valence-corrected chi connectivity index (χ0v) is 21.4. The lowest BCUT2D eigenvalue weighted by atomic mass is 10.2. The van der Waals surface area contributed by atoms with Crippen LogP contribution in [0, 0.1) is 0 Å². The molecule has 4 rings (SSSR count). The molecule has 2 aromatic carbocycles. The number of hydrogen-bond acceptors (Lipinski definition) is 5. The predicted molar refractivity (Wildman–Crippen MR) is 134 cm³/mol. The van der Waals surface area contributed by atoms with Crippen LogP contribution in [0.3, 0.4) is 0 Å². The summed E-state index contributed by atoms with van der Waals surface area (Å²) in [6, 6.07) is 21.1. The summed E-state index contributed by atoms with van der Waals surface area (Å²) in [5.74, 6) is 0.0179. The van der Waals surface area contributed by atoms with Crippen molar-refractivity contribution in [3.8, 4) is 0 Å². The molecule has 2 saturated heterocycles. The van der Waals surface area contributed by atoms with Gasteiger partial charge in [-0.3, -0.25) is 4.79 Å². The maximum atomic E-state index is 13.0. The molecule has 1 amide bonds. The fourth-order valence-corrected chi connectivity index (χ4v) is 10.2. The first kappa shape index (κ1) is 25.1. The molecule has 0 saturated carbocycles. The Morgan fingerprint density at radius 1 is 1.03 bits per heavy atom. The third-order valence-electron chi connectivity index (χ3n) is 7.18. The second kappa shape index (κ2) is 10.3. The van der Waals surface area contributed by atoms with Gasteiger partial charge in [-0.05, 0) is 28.3 Å². The van der Waals surface area contributed by atoms with Crippen LogP contribution >= 0.6 is 0 Å². The zero-order chi connectivity index (χ0) is 24.3. The van der Waals surface area contributed by atoms with E-state index in [0.717, 1.165) is 0 Å². The van der Waals surface area contributed by atoms with E-state index in [2.05, 4.69) is 69.3 Å². The summed E-state index contributed by atoms with van der Waals surface area (Å²) < 4.78 is 13.0. The van der Waals surface area contributed by atoms with Crippen molar-refractivity contribution in [2.75, 3.05) is 13.2 Å². The minimum atomic E-state index is -2.70. The largest absolute Gasteiger partial charge is 0.404 e. The summed E-state index contributed by atoms with van der Waals surface area (Å²) in [6.45, 7) is 7.04. The number of aliphatic hydroxyl groups excluding tert-OH is 2. The van der Waals surface area contributed by atoms with Crippen molar-refractivity contribution >= 4 is 24.6 Å². The molecule has 2 aromatic rings. The molecule has 2 aliphatic heterocycles. The molecule has 184 valence electrons. The number of benzene rings is 2. The van der Waals surface area contributed by atoms with Gasteiger partial charge in [-0.25, -0.2) is 0 Å². The number of carbonyl (C=O) groups is 1. The summed E-state index contributed by atoms with van der Waals surface area (Å²) in [6.07, 6.45) is 0.112. The molecule has 4 atom stereocenters. The van der Waals surface area contributed by atoms with Gasteiger partial charge in [-0.2, -0.15) is 0 Å². The van der Waals surface area contributed by atoms with Crippen molar-refractivity contribution < 1.29 is 24.2 Å². The van der Waals surface area contributed by atoms with Crippen molar-refractivity contribution in [2.45, 2.75) is 76.0 Å². The van der Waals surface area contributed by atoms with Gasteiger partial charge >= 0.3 is 0 Å². The molecule has 7 heteroatoms. The molecule has 0 aromatic heterocycles. The minimum Gasteiger partial charge on any atom is -0.404 e. The Morgan fingerprint density at radius 3 is 2.12 bits per heavy atom. The Morgan fingerprint density at radius 2 is 1.62 bits per heavy atom. The molecule has 0 unspecified atom stereocenters. The highest BCUT2D eigenvalue weighted by Gasteiger charge is 2.51. The molecule has 0 spiro atoms. The molecule has 2 heterocycles. The van der Waals surface area contributed by atoms with Gasteiger partial charge in [0.1, 0.15) is 12.3 Å². The van der Waals surface area contributed by atoms with Crippen LogP contribution in [0.1, 0.15) is 46.5 Å². The van der Waals surface area contributed by atoms with Crippen LogP contribution in [0.2, 0.25) is 5.04 Å². The van der Waals surface area contributed by atoms with E-state index in [1.807, 2.05) is 12.1 Å². The Bertz CT molecular complexity index is 909. The normalized spacial score (nSPS) is 26.5. The SMILES string of the molecule is CC(C)(C)[Si](O[C@@H]1CCC(=O)N([C@H]2C[C@H](O)[C@@H](CO)O2)CC1)(c1ccccc1)c1ccccc1. The first-order chi connectivity index (χ1) is 16.3. The molecule has 2 aliphatic rings. The monoisotopic (exact) mass is 483 g/mol. The molecule has 0 aliphatic carbocycles. The Kier molecular flexibility index (Phi) is 7.59. The number of rotatable bonds is 6. The Labute approximate surface area is 203 Å². The third kappa shape index (κ3) is 4.85. The van der Waals surface area contributed by atoms with E-state index in [0.29, 0.717) is 32.2 Å². The maximum Gasteiger partial charge on any atom is 0.261 e. The highest BCUT2D eigenvalue weighted by atomic mass is 28.4. The van der Waals surface area contributed by atoms with Crippen molar-refractivity contribution in [2.24, 2.45) is 0 Å². The van der Waals surface area contributed by atoms with Gasteiger partial charge in [-0.15, -0.1) is 0 Å². The maximum absolute atomic E-state index is 13.0. The number of nitrogens with zero attached hydrogens (tertiary/aromatic N) is 1. The second-order valence-electron chi connectivity index (χ2n) is 10.4. The number of amides is 1. The van der Waals surface area contributed by atoms with Gasteiger partial charge in [-0.1, -0.05) is 81.4 Å². The number of hydrogen-bond donors (Lipinski definition) is 2. The van der Waals surface area contributed by atoms with Gasteiger partial charge in [0.05, 0.1) is 12.7 Å². The first-order valence-corrected chi connectivity index (χ1v) is 14.2. The summed E-state index contributed by atoms with van der Waals surface area (Å²) in [5.41, 5.74) is 0. The fourth-order valence-electron chi connectivity index (χ4n) is 5.42. The predicted octanol–water partition coefficient (Wildman–Crippen LogP) is 2.41. The average Bonchev–Trinajstić information content (AvgIpc) is 3.10. The average molecular weight is 484 g/mol. The summed E-state index contributed by atoms with van der Waals surface area (Å²) >= 11 is 0. The summed E-state index contributed by atoms with van der Waals surface area (Å²) in [5, 5.41) is 21.9. The number of ether oxygens (including phenoxy) is 1. The lowest BCUT2D eigenvalue weighted by Gasteiger charge is -2.45. The molecule has 0 bridgehead atoms. The van der Waals surface area contributed by atoms with E-state index in [1.165, 1.54) is 10.4 Å². The lowest BCUT2D eigenvalue weighted by molar-refractivity contribution is -0.146.